The predicted molar refractivity (Wildman–Crippen MR) is 92.2 cm³/mol. The number of hydroxylamine groups is 1. The number of hydrogen-bond acceptors (Lipinski definition) is 5. The summed E-state index contributed by atoms with van der Waals surface area (Å²) in [6, 6.07) is 12.5. The first kappa shape index (κ1) is 19.4. The molecule has 0 spiro atoms. The molecule has 0 aromatic heterocycles. The van der Waals surface area contributed by atoms with Crippen molar-refractivity contribution in [3.63, 3.8) is 0 Å². The Morgan fingerprint density at radius 1 is 1.23 bits per heavy atom. The van der Waals surface area contributed by atoms with E-state index in [1.54, 1.807) is 24.3 Å². The van der Waals surface area contributed by atoms with Crippen LogP contribution in [0.4, 0.5) is 4.39 Å². The van der Waals surface area contributed by atoms with Crippen molar-refractivity contribution < 1.29 is 29.3 Å². The number of benzene rings is 2. The van der Waals surface area contributed by atoms with Gasteiger partial charge in [-0.2, -0.15) is 0 Å². The van der Waals surface area contributed by atoms with E-state index < -0.39 is 29.7 Å². The van der Waals surface area contributed by atoms with E-state index in [-0.39, 0.29) is 5.56 Å². The maximum absolute atomic E-state index is 13.6. The topological polar surface area (TPSA) is 99.0 Å². The van der Waals surface area contributed by atoms with Crippen LogP contribution in [0.2, 0.25) is 0 Å². The van der Waals surface area contributed by atoms with Crippen molar-refractivity contribution in [3.05, 3.63) is 72.1 Å². The Morgan fingerprint density at radius 3 is 2.62 bits per heavy atom. The highest BCUT2D eigenvalue weighted by molar-refractivity contribution is 5.86. The zero-order chi connectivity index (χ0) is 18.9. The molecule has 7 heteroatoms. The largest absolute Gasteiger partial charge is 0.505 e. The van der Waals surface area contributed by atoms with Gasteiger partial charge in [0.1, 0.15) is 18.0 Å². The summed E-state index contributed by atoms with van der Waals surface area (Å²) in [5, 5.41) is 28.3. The van der Waals surface area contributed by atoms with Crippen LogP contribution >= 0.6 is 0 Å². The van der Waals surface area contributed by atoms with Crippen molar-refractivity contribution in [2.24, 2.45) is 0 Å². The minimum atomic E-state index is -1.15. The number of ether oxygens (including phenoxy) is 1. The second-order valence-corrected chi connectivity index (χ2v) is 5.58. The van der Waals surface area contributed by atoms with E-state index in [0.29, 0.717) is 18.6 Å². The van der Waals surface area contributed by atoms with E-state index in [2.05, 4.69) is 0 Å². The van der Waals surface area contributed by atoms with Crippen molar-refractivity contribution in [1.82, 2.24) is 5.48 Å². The van der Waals surface area contributed by atoms with Crippen molar-refractivity contribution >= 4 is 5.91 Å². The molecule has 0 aliphatic heterocycles. The average molecular weight is 361 g/mol. The highest BCUT2D eigenvalue weighted by Gasteiger charge is 2.23. The molecular formula is C19H20FNO5. The van der Waals surface area contributed by atoms with Gasteiger partial charge in [0.15, 0.2) is 11.6 Å². The van der Waals surface area contributed by atoms with Gasteiger partial charge in [-0.3, -0.25) is 10.0 Å². The van der Waals surface area contributed by atoms with Crippen molar-refractivity contribution in [3.8, 4) is 11.5 Å². The van der Waals surface area contributed by atoms with Crippen LogP contribution < -0.4 is 10.2 Å². The lowest BCUT2D eigenvalue weighted by atomic mass is 10.00. The number of para-hydroxylation sites is 1. The molecule has 0 saturated carbocycles. The van der Waals surface area contributed by atoms with E-state index in [9.17, 15) is 19.4 Å². The fraction of sp³-hybridized carbons (Fsp3) is 0.211. The van der Waals surface area contributed by atoms with E-state index in [1.165, 1.54) is 23.7 Å². The second-order valence-electron chi connectivity index (χ2n) is 5.58. The van der Waals surface area contributed by atoms with Crippen LogP contribution in [-0.2, 0) is 4.79 Å². The minimum Gasteiger partial charge on any atom is -0.505 e. The third-order valence-corrected chi connectivity index (χ3v) is 3.69. The molecule has 2 aromatic carbocycles. The van der Waals surface area contributed by atoms with Crippen molar-refractivity contribution in [2.75, 3.05) is 0 Å². The number of rotatable bonds is 8. The van der Waals surface area contributed by atoms with Crippen LogP contribution in [-0.4, -0.2) is 27.4 Å². The number of aliphatic hydroxyl groups is 1. The van der Waals surface area contributed by atoms with E-state index in [0.717, 1.165) is 12.1 Å². The predicted octanol–water partition coefficient (Wildman–Crippen LogP) is 2.85. The van der Waals surface area contributed by atoms with Gasteiger partial charge in [0.25, 0.3) is 5.91 Å². The molecular weight excluding hydrogens is 341 g/mol. The monoisotopic (exact) mass is 361 g/mol. The number of amides is 1. The van der Waals surface area contributed by atoms with Gasteiger partial charge in [0, 0.05) is 6.08 Å². The summed E-state index contributed by atoms with van der Waals surface area (Å²) in [6.45, 7) is 0. The average Bonchev–Trinajstić information content (AvgIpc) is 2.66. The molecule has 0 aliphatic rings. The van der Waals surface area contributed by atoms with Crippen LogP contribution in [0, 0.1) is 5.82 Å². The van der Waals surface area contributed by atoms with Gasteiger partial charge >= 0.3 is 0 Å². The maximum Gasteiger partial charge on any atom is 0.267 e. The number of aliphatic hydroxyl groups excluding tert-OH is 1. The van der Waals surface area contributed by atoms with E-state index in [4.69, 9.17) is 9.94 Å². The van der Waals surface area contributed by atoms with Crippen LogP contribution in [0.15, 0.2) is 60.7 Å². The van der Waals surface area contributed by atoms with Gasteiger partial charge in [-0.1, -0.05) is 30.3 Å². The number of allylic oxidation sites excluding steroid dienone is 1. The summed E-state index contributed by atoms with van der Waals surface area (Å²) in [5.74, 6) is -1.46. The fourth-order valence-electron chi connectivity index (χ4n) is 2.36. The van der Waals surface area contributed by atoms with Crippen molar-refractivity contribution in [2.45, 2.75) is 25.0 Å². The van der Waals surface area contributed by atoms with Gasteiger partial charge < -0.3 is 14.9 Å². The quantitative estimate of drug-likeness (QED) is 0.329. The summed E-state index contributed by atoms with van der Waals surface area (Å²) in [4.78, 5) is 11.0. The standard InChI is InChI=1S/C19H20FNO5/c20-15-12-13(10-11-16(15)22)19(24)17(8-4-5-9-18(23)21-25)26-14-6-2-1-3-7-14/h1-3,5-7,9-12,17,19,22,24-25H,4,8H2,(H,21,23)/b9-5+/t17-,19-/m1/s1. The number of phenols is 1. The minimum absolute atomic E-state index is 0.262. The molecule has 0 unspecified atom stereocenters. The molecule has 6 nitrogen and oxygen atoms in total. The molecule has 0 fully saturated rings. The summed E-state index contributed by atoms with van der Waals surface area (Å²) >= 11 is 0. The molecule has 2 atom stereocenters. The number of nitrogens with one attached hydrogen (secondary N) is 1. The van der Waals surface area contributed by atoms with Gasteiger partial charge in [0.05, 0.1) is 0 Å². The Kier molecular flexibility index (Phi) is 7.13. The van der Waals surface area contributed by atoms with Crippen LogP contribution in [0.1, 0.15) is 24.5 Å². The highest BCUT2D eigenvalue weighted by atomic mass is 19.1. The lowest BCUT2D eigenvalue weighted by molar-refractivity contribution is -0.124. The van der Waals surface area contributed by atoms with Crippen molar-refractivity contribution in [1.29, 1.82) is 0 Å². The zero-order valence-electron chi connectivity index (χ0n) is 13.9. The van der Waals surface area contributed by atoms with E-state index in [1.807, 2.05) is 6.07 Å². The molecule has 0 radical (unpaired) electrons. The Labute approximate surface area is 150 Å². The summed E-state index contributed by atoms with van der Waals surface area (Å²) in [7, 11) is 0. The number of carbonyl (C=O) groups is 1. The lowest BCUT2D eigenvalue weighted by Gasteiger charge is -2.24. The van der Waals surface area contributed by atoms with Gasteiger partial charge in [-0.15, -0.1) is 0 Å². The summed E-state index contributed by atoms with van der Waals surface area (Å²) < 4.78 is 19.4. The number of hydrogen-bond donors (Lipinski definition) is 4. The SMILES string of the molecule is O=C(/C=C/CC[C@@H](Oc1ccccc1)[C@H](O)c1ccc(O)c(F)c1)NO. The number of halogens is 1. The molecule has 138 valence electrons. The Morgan fingerprint density at radius 2 is 1.96 bits per heavy atom. The first-order valence-corrected chi connectivity index (χ1v) is 8.00. The number of carbonyl (C=O) groups excluding carboxylic acids is 1. The third kappa shape index (κ3) is 5.58. The Hall–Kier alpha value is -2.90. The Balaban J connectivity index is 2.14. The van der Waals surface area contributed by atoms with Gasteiger partial charge in [-0.25, -0.2) is 9.87 Å². The second kappa shape index (κ2) is 9.55. The Bertz CT molecular complexity index is 751. The highest BCUT2D eigenvalue weighted by Crippen LogP contribution is 2.27. The molecule has 0 aliphatic carbocycles. The molecule has 26 heavy (non-hydrogen) atoms. The molecule has 1 amide bonds. The summed E-state index contributed by atoms with van der Waals surface area (Å²) in [6.07, 6.45) is 1.52. The molecule has 2 aromatic rings. The molecule has 2 rings (SSSR count). The van der Waals surface area contributed by atoms with Crippen LogP contribution in [0.25, 0.3) is 0 Å². The molecule has 4 N–H and O–H groups in total. The smallest absolute Gasteiger partial charge is 0.267 e. The first-order valence-electron chi connectivity index (χ1n) is 8.00. The van der Waals surface area contributed by atoms with Gasteiger partial charge in [-0.05, 0) is 42.7 Å². The van der Waals surface area contributed by atoms with Gasteiger partial charge in [0.2, 0.25) is 0 Å². The first-order chi connectivity index (χ1) is 12.5. The normalized spacial score (nSPS) is 13.3. The molecule has 0 saturated heterocycles. The fourth-order valence-corrected chi connectivity index (χ4v) is 2.36. The summed E-state index contributed by atoms with van der Waals surface area (Å²) in [5.41, 5.74) is 1.74. The lowest BCUT2D eigenvalue weighted by Crippen LogP contribution is -2.25. The van der Waals surface area contributed by atoms with Crippen LogP contribution in [0.5, 0.6) is 11.5 Å². The maximum atomic E-state index is 13.6. The molecule has 0 bridgehead atoms. The number of phenolic OH excluding ortho intramolecular Hbond substituents is 1. The van der Waals surface area contributed by atoms with Crippen LogP contribution in [0.3, 0.4) is 0 Å². The molecule has 0 heterocycles. The third-order valence-electron chi connectivity index (χ3n) is 3.69. The number of aromatic hydroxyl groups is 1. The zero-order valence-corrected chi connectivity index (χ0v) is 13.9. The van der Waals surface area contributed by atoms with E-state index >= 15 is 0 Å².